The number of thioether (sulfide) groups is 2. The van der Waals surface area contributed by atoms with E-state index in [2.05, 4.69) is 0 Å². The van der Waals surface area contributed by atoms with Crippen molar-refractivity contribution in [3.63, 3.8) is 0 Å². The summed E-state index contributed by atoms with van der Waals surface area (Å²) in [5.74, 6) is 3.90. The van der Waals surface area contributed by atoms with Crippen LogP contribution >= 0.6 is 23.5 Å². The average Bonchev–Trinajstić information content (AvgIpc) is 2.81. The zero-order valence-corrected chi connectivity index (χ0v) is 11.4. The van der Waals surface area contributed by atoms with Gasteiger partial charge in [0.05, 0.1) is 6.04 Å². The van der Waals surface area contributed by atoms with Gasteiger partial charge in [-0.2, -0.15) is 23.5 Å². The molecule has 0 spiro atoms. The highest BCUT2D eigenvalue weighted by atomic mass is 32.2. The molecule has 5 heteroatoms. The third-order valence-corrected chi connectivity index (χ3v) is 5.95. The molecule has 0 amide bonds. The predicted octanol–water partition coefficient (Wildman–Crippen LogP) is 3.42. The number of nitrogens with two attached hydrogens (primary N) is 1. The maximum Gasteiger partial charge on any atom is 0.134 e. The van der Waals surface area contributed by atoms with Gasteiger partial charge in [0.25, 0.3) is 0 Å². The van der Waals surface area contributed by atoms with Crippen LogP contribution in [0.2, 0.25) is 0 Å². The number of benzene rings is 1. The topological polar surface area (TPSA) is 39.2 Å². The molecule has 2 atom stereocenters. The second-order valence-corrected chi connectivity index (χ2v) is 6.84. The summed E-state index contributed by atoms with van der Waals surface area (Å²) < 4.78 is 18.8. The van der Waals surface area contributed by atoms with Gasteiger partial charge in [0.1, 0.15) is 17.2 Å². The summed E-state index contributed by atoms with van der Waals surface area (Å²) >= 11 is 3.83. The highest BCUT2D eigenvalue weighted by Crippen LogP contribution is 2.34. The van der Waals surface area contributed by atoms with E-state index in [1.807, 2.05) is 29.6 Å². The van der Waals surface area contributed by atoms with Crippen LogP contribution in [-0.4, -0.2) is 22.5 Å². The van der Waals surface area contributed by atoms with Gasteiger partial charge >= 0.3 is 0 Å². The minimum atomic E-state index is -0.244. The number of halogens is 1. The van der Waals surface area contributed by atoms with Crippen molar-refractivity contribution in [1.29, 1.82) is 0 Å². The van der Waals surface area contributed by atoms with Crippen LogP contribution in [0.25, 0.3) is 11.0 Å². The second-order valence-electron chi connectivity index (χ2n) is 4.34. The number of hydrogen-bond acceptors (Lipinski definition) is 4. The van der Waals surface area contributed by atoms with E-state index >= 15 is 0 Å². The second kappa shape index (κ2) is 5.15. The van der Waals surface area contributed by atoms with Crippen LogP contribution in [0, 0.1) is 5.82 Å². The molecule has 2 unspecified atom stereocenters. The van der Waals surface area contributed by atoms with Crippen molar-refractivity contribution in [2.24, 2.45) is 5.73 Å². The lowest BCUT2D eigenvalue weighted by molar-refractivity contribution is 0.494. The molecule has 2 aromatic rings. The number of fused-ring (bicyclic) bond motifs is 1. The summed E-state index contributed by atoms with van der Waals surface area (Å²) in [6, 6.07) is 6.30. The SMILES string of the molecule is NC(c1cc2cc(F)ccc2o1)C1CSCCS1. The molecule has 18 heavy (non-hydrogen) atoms. The molecule has 1 aliphatic rings. The Morgan fingerprint density at radius 1 is 1.33 bits per heavy atom. The minimum absolute atomic E-state index is 0.113. The molecule has 1 aliphatic heterocycles. The molecule has 1 aromatic heterocycles. The van der Waals surface area contributed by atoms with E-state index in [4.69, 9.17) is 10.2 Å². The fourth-order valence-corrected chi connectivity index (χ4v) is 4.88. The van der Waals surface area contributed by atoms with Crippen molar-refractivity contribution < 1.29 is 8.81 Å². The van der Waals surface area contributed by atoms with Gasteiger partial charge in [-0.3, -0.25) is 0 Å². The maximum atomic E-state index is 13.1. The third-order valence-electron chi connectivity index (χ3n) is 3.07. The molecule has 0 radical (unpaired) electrons. The van der Waals surface area contributed by atoms with Gasteiger partial charge in [0, 0.05) is 27.9 Å². The van der Waals surface area contributed by atoms with Crippen molar-refractivity contribution in [3.8, 4) is 0 Å². The molecule has 3 rings (SSSR count). The number of furan rings is 1. The summed E-state index contributed by atoms with van der Waals surface area (Å²) in [6.07, 6.45) is 0. The first-order valence-corrected chi connectivity index (χ1v) is 8.08. The fourth-order valence-electron chi connectivity index (χ4n) is 2.10. The van der Waals surface area contributed by atoms with Crippen molar-refractivity contribution in [1.82, 2.24) is 0 Å². The van der Waals surface area contributed by atoms with Gasteiger partial charge in [0.15, 0.2) is 0 Å². The van der Waals surface area contributed by atoms with Crippen LogP contribution in [0.1, 0.15) is 11.8 Å². The van der Waals surface area contributed by atoms with E-state index in [0.717, 1.165) is 22.7 Å². The molecule has 1 aromatic carbocycles. The smallest absolute Gasteiger partial charge is 0.134 e. The summed E-state index contributed by atoms with van der Waals surface area (Å²) in [4.78, 5) is 0. The molecular weight excluding hydrogens is 269 g/mol. The number of hydrogen-bond donors (Lipinski definition) is 1. The Hall–Kier alpha value is -0.650. The van der Waals surface area contributed by atoms with E-state index < -0.39 is 0 Å². The molecular formula is C13H14FNOS2. The number of rotatable bonds is 2. The quantitative estimate of drug-likeness (QED) is 0.916. The van der Waals surface area contributed by atoms with Gasteiger partial charge < -0.3 is 10.2 Å². The normalized spacial score (nSPS) is 22.2. The standard InChI is InChI=1S/C13H14FNOS2/c14-9-1-2-10-8(5-9)6-11(16-10)13(15)12-7-17-3-4-18-12/h1-2,5-6,12-13H,3-4,7,15H2. The first-order chi connectivity index (χ1) is 8.74. The Balaban J connectivity index is 1.88. The molecule has 96 valence electrons. The molecule has 2 nitrogen and oxygen atoms in total. The summed E-state index contributed by atoms with van der Waals surface area (Å²) in [5, 5.41) is 1.17. The van der Waals surface area contributed by atoms with Crippen LogP contribution in [0.15, 0.2) is 28.7 Å². The molecule has 1 fully saturated rings. The average molecular weight is 283 g/mol. The lowest BCUT2D eigenvalue weighted by Gasteiger charge is -2.25. The Bertz CT molecular complexity index is 551. The predicted molar refractivity (Wildman–Crippen MR) is 76.7 cm³/mol. The van der Waals surface area contributed by atoms with Gasteiger partial charge in [-0.25, -0.2) is 4.39 Å². The monoisotopic (exact) mass is 283 g/mol. The van der Waals surface area contributed by atoms with Crippen LogP contribution < -0.4 is 5.73 Å². The van der Waals surface area contributed by atoms with E-state index in [1.165, 1.54) is 17.9 Å². The van der Waals surface area contributed by atoms with Crippen LogP contribution in [-0.2, 0) is 0 Å². The Labute approximate surface area is 113 Å². The Morgan fingerprint density at radius 2 is 2.22 bits per heavy atom. The molecule has 2 N–H and O–H groups in total. The Morgan fingerprint density at radius 3 is 3.00 bits per heavy atom. The zero-order chi connectivity index (χ0) is 12.5. The van der Waals surface area contributed by atoms with Gasteiger partial charge in [-0.1, -0.05) is 0 Å². The van der Waals surface area contributed by atoms with E-state index in [-0.39, 0.29) is 11.9 Å². The minimum Gasteiger partial charge on any atom is -0.459 e. The molecule has 1 saturated heterocycles. The molecule has 0 saturated carbocycles. The largest absolute Gasteiger partial charge is 0.459 e. The first-order valence-electron chi connectivity index (χ1n) is 5.88. The van der Waals surface area contributed by atoms with E-state index in [0.29, 0.717) is 10.8 Å². The fraction of sp³-hybridized carbons (Fsp3) is 0.385. The lowest BCUT2D eigenvalue weighted by Crippen LogP contribution is -2.28. The van der Waals surface area contributed by atoms with Crippen LogP contribution in [0.3, 0.4) is 0 Å². The van der Waals surface area contributed by atoms with Crippen LogP contribution in [0.5, 0.6) is 0 Å². The highest BCUT2D eigenvalue weighted by molar-refractivity contribution is 8.06. The highest BCUT2D eigenvalue weighted by Gasteiger charge is 2.25. The summed E-state index contributed by atoms with van der Waals surface area (Å²) in [5.41, 5.74) is 6.95. The molecule has 2 heterocycles. The van der Waals surface area contributed by atoms with E-state index in [9.17, 15) is 4.39 Å². The zero-order valence-electron chi connectivity index (χ0n) is 9.77. The van der Waals surface area contributed by atoms with Crippen molar-refractivity contribution in [2.45, 2.75) is 11.3 Å². The molecule has 0 bridgehead atoms. The summed E-state index contributed by atoms with van der Waals surface area (Å²) in [6.45, 7) is 0. The van der Waals surface area contributed by atoms with Gasteiger partial charge in [-0.05, 0) is 24.3 Å². The lowest BCUT2D eigenvalue weighted by atomic mass is 10.1. The summed E-state index contributed by atoms with van der Waals surface area (Å²) in [7, 11) is 0. The van der Waals surface area contributed by atoms with Crippen molar-refractivity contribution in [3.05, 3.63) is 35.8 Å². The van der Waals surface area contributed by atoms with Crippen LogP contribution in [0.4, 0.5) is 4.39 Å². The first kappa shape index (κ1) is 12.4. The van der Waals surface area contributed by atoms with Crippen molar-refractivity contribution in [2.75, 3.05) is 17.3 Å². The Kier molecular flexibility index (Phi) is 3.54. The van der Waals surface area contributed by atoms with Crippen molar-refractivity contribution >= 4 is 34.5 Å². The molecule has 0 aliphatic carbocycles. The van der Waals surface area contributed by atoms with E-state index in [1.54, 1.807) is 6.07 Å². The third kappa shape index (κ3) is 2.39. The van der Waals surface area contributed by atoms with Gasteiger partial charge in [-0.15, -0.1) is 0 Å². The van der Waals surface area contributed by atoms with Gasteiger partial charge in [0.2, 0.25) is 0 Å². The maximum absolute atomic E-state index is 13.1.